The fraction of sp³-hybridized carbons (Fsp3) is 0.341. The van der Waals surface area contributed by atoms with E-state index in [2.05, 4.69) is 119 Å². The zero-order chi connectivity index (χ0) is 33.1. The molecule has 6 aromatic rings. The van der Waals surface area contributed by atoms with E-state index in [0.29, 0.717) is 17.0 Å². The molecule has 0 saturated carbocycles. The van der Waals surface area contributed by atoms with Crippen LogP contribution in [0.25, 0.3) is 44.6 Å². The van der Waals surface area contributed by atoms with Gasteiger partial charge in [0.25, 0.3) is 0 Å². The van der Waals surface area contributed by atoms with Crippen LogP contribution < -0.4 is 5.19 Å². The summed E-state index contributed by atoms with van der Waals surface area (Å²) in [6, 6.07) is 29.2. The zero-order valence-corrected chi connectivity index (χ0v) is 32.7. The molecule has 6 rings (SSSR count). The largest absolute Gasteiger partial charge is 0.486 e. The number of hydrogen-bond acceptors (Lipinski definition) is 4. The van der Waals surface area contributed by atoms with Crippen LogP contribution in [0.2, 0.25) is 19.6 Å². The van der Waals surface area contributed by atoms with E-state index >= 15 is 0 Å². The van der Waals surface area contributed by atoms with E-state index in [1.54, 1.807) is 0 Å². The monoisotopic (exact) mass is 818 g/mol. The number of hydrogen-bond donors (Lipinski definition) is 0. The molecule has 6 heteroatoms. The second kappa shape index (κ2) is 15.2. The van der Waals surface area contributed by atoms with Crippen molar-refractivity contribution >= 4 is 35.3 Å². The maximum absolute atomic E-state index is 6.06. The smallest absolute Gasteiger partial charge is 0.216 e. The summed E-state index contributed by atoms with van der Waals surface area (Å²) in [6.45, 7) is 20.6. The van der Waals surface area contributed by atoms with E-state index in [-0.39, 0.29) is 20.1 Å². The number of benzene rings is 2. The molecule has 4 nitrogen and oxygen atoms in total. The van der Waals surface area contributed by atoms with Crippen molar-refractivity contribution in [1.82, 2.24) is 15.0 Å². The van der Waals surface area contributed by atoms with Crippen molar-refractivity contribution in [3.05, 3.63) is 108 Å². The molecule has 0 atom stereocenters. The molecule has 47 heavy (non-hydrogen) atoms. The normalized spacial score (nSPS) is 11.8. The van der Waals surface area contributed by atoms with Gasteiger partial charge in [-0.15, -0.1) is 54.1 Å². The average Bonchev–Trinajstić information content (AvgIpc) is 3.38. The average molecular weight is 818 g/mol. The van der Waals surface area contributed by atoms with Gasteiger partial charge in [-0.25, -0.2) is 4.98 Å². The number of pyridine rings is 3. The maximum Gasteiger partial charge on any atom is 0.216 e. The molecule has 0 bridgehead atoms. The number of aryl methyl sites for hydroxylation is 1. The Labute approximate surface area is 295 Å². The Morgan fingerprint density at radius 2 is 1.68 bits per heavy atom. The summed E-state index contributed by atoms with van der Waals surface area (Å²) in [5.74, 6) is 0.610. The summed E-state index contributed by atoms with van der Waals surface area (Å²) in [6.07, 6.45) is 7.33. The van der Waals surface area contributed by atoms with Crippen LogP contribution in [0.4, 0.5) is 0 Å². The van der Waals surface area contributed by atoms with Crippen molar-refractivity contribution in [2.45, 2.75) is 80.4 Å². The van der Waals surface area contributed by atoms with E-state index in [1.807, 2.05) is 43.5 Å². The number of rotatable bonds is 8. The summed E-state index contributed by atoms with van der Waals surface area (Å²) in [7, 11) is -1.39. The number of fused-ring (bicyclic) bond motifs is 3. The molecule has 247 valence electrons. The first-order chi connectivity index (χ1) is 21.8. The van der Waals surface area contributed by atoms with Crippen LogP contribution in [0.3, 0.4) is 0 Å². The van der Waals surface area contributed by atoms with Gasteiger partial charge in [-0.3, -0.25) is 0 Å². The van der Waals surface area contributed by atoms with E-state index in [1.165, 1.54) is 22.7 Å². The van der Waals surface area contributed by atoms with E-state index in [4.69, 9.17) is 9.40 Å². The number of aromatic nitrogens is 3. The summed E-state index contributed by atoms with van der Waals surface area (Å²) in [5, 5.41) is 3.58. The number of furan rings is 1. The Hall–Kier alpha value is -3.44. The Bertz CT molecular complexity index is 1940. The van der Waals surface area contributed by atoms with Crippen molar-refractivity contribution in [2.75, 3.05) is 0 Å². The fourth-order valence-corrected chi connectivity index (χ4v) is 7.35. The van der Waals surface area contributed by atoms with Crippen LogP contribution in [0.15, 0.2) is 83.5 Å². The molecule has 0 fully saturated rings. The predicted octanol–water partition coefficient (Wildman–Crippen LogP) is 10.4. The van der Waals surface area contributed by atoms with Gasteiger partial charge in [0.2, 0.25) is 5.71 Å². The first-order valence-corrected chi connectivity index (χ1v) is 20.0. The van der Waals surface area contributed by atoms with Gasteiger partial charge in [0.05, 0.1) is 13.7 Å². The van der Waals surface area contributed by atoms with Crippen LogP contribution >= 0.6 is 0 Å². The fourth-order valence-electron chi connectivity index (χ4n) is 5.77. The quantitative estimate of drug-likeness (QED) is 0.113. The number of nitrogens with zero attached hydrogens (tertiary/aromatic N) is 3. The summed E-state index contributed by atoms with van der Waals surface area (Å²) >= 11 is 0. The van der Waals surface area contributed by atoms with Crippen LogP contribution in [0.5, 0.6) is 0 Å². The van der Waals surface area contributed by atoms with Gasteiger partial charge in [-0.05, 0) is 65.9 Å². The van der Waals surface area contributed by atoms with Crippen molar-refractivity contribution < 1.29 is 24.5 Å². The molecule has 0 saturated heterocycles. The third-order valence-corrected chi connectivity index (χ3v) is 10.6. The van der Waals surface area contributed by atoms with Gasteiger partial charge in [-0.1, -0.05) is 94.9 Å². The van der Waals surface area contributed by atoms with E-state index < -0.39 is 8.07 Å². The Balaban J connectivity index is 0.000000209. The van der Waals surface area contributed by atoms with Crippen molar-refractivity contribution in [3.8, 4) is 22.5 Å². The van der Waals surface area contributed by atoms with E-state index in [0.717, 1.165) is 57.4 Å². The predicted molar refractivity (Wildman–Crippen MR) is 196 cm³/mol. The molecule has 4 heterocycles. The van der Waals surface area contributed by atoms with Gasteiger partial charge in [0.15, 0.2) is 0 Å². The minimum Gasteiger partial charge on any atom is -0.486 e. The van der Waals surface area contributed by atoms with Crippen LogP contribution in [-0.4, -0.2) is 23.0 Å². The molecule has 2 aromatic carbocycles. The topological polar surface area (TPSA) is 51.8 Å². The van der Waals surface area contributed by atoms with Crippen molar-refractivity contribution in [2.24, 2.45) is 11.3 Å². The van der Waals surface area contributed by atoms with Gasteiger partial charge < -0.3 is 14.4 Å². The van der Waals surface area contributed by atoms with Gasteiger partial charge in [0, 0.05) is 43.6 Å². The molecule has 0 aliphatic heterocycles. The van der Waals surface area contributed by atoms with Crippen molar-refractivity contribution in [3.63, 3.8) is 0 Å². The molecule has 0 aliphatic carbocycles. The molecule has 0 N–H and O–H groups in total. The second-order valence-corrected chi connectivity index (χ2v) is 19.6. The molecular weight excluding hydrogens is 771 g/mol. The Kier molecular flexibility index (Phi) is 11.8. The second-order valence-electron chi connectivity index (χ2n) is 14.6. The molecule has 0 amide bonds. The Morgan fingerprint density at radius 3 is 2.36 bits per heavy atom. The summed E-state index contributed by atoms with van der Waals surface area (Å²) < 4.78 is 6.06. The Morgan fingerprint density at radius 1 is 0.894 bits per heavy atom. The first kappa shape index (κ1) is 36.4. The van der Waals surface area contributed by atoms with Crippen LogP contribution in [0, 0.1) is 30.4 Å². The molecule has 0 aliphatic rings. The molecule has 0 unspecified atom stereocenters. The van der Waals surface area contributed by atoms with Crippen LogP contribution in [0.1, 0.15) is 57.9 Å². The summed E-state index contributed by atoms with van der Waals surface area (Å²) in [4.78, 5) is 13.8. The summed E-state index contributed by atoms with van der Waals surface area (Å²) in [5.41, 5.74) is 9.44. The zero-order valence-electron chi connectivity index (χ0n) is 29.3. The molecule has 0 spiro atoms. The third-order valence-electron chi connectivity index (χ3n) is 8.57. The standard InChI is InChI=1S/C21H19N2O.C20H28NSi.Ir/c1-13(2)11-15-9-10-22-19(12-15)18-6-4-5-16-17-8-7-14(3)23-21(17)24-20(16)18;1-7-20(2,3)14-17-13-18(16-11-9-8-10-12-16)21-15-19(17)22(4,5)6;/h4-5,7-10,12-13H,11H2,1-3H3;8-11,13,15H,7,14H2,1-6H3;/q2*-1;. The third kappa shape index (κ3) is 8.93. The van der Waals surface area contributed by atoms with Gasteiger partial charge >= 0.3 is 0 Å². The van der Waals surface area contributed by atoms with Crippen LogP contribution in [-0.2, 0) is 32.9 Å². The van der Waals surface area contributed by atoms with Crippen molar-refractivity contribution in [1.29, 1.82) is 0 Å². The SMILES string of the molecule is CCC(C)(C)Cc1cc(-c2[c-]cccc2)ncc1[Si](C)(C)C.Cc1ccc2c(n1)oc1c(-c3cc(CC(C)C)ccn3)[c-]ccc12.[Ir]. The minimum absolute atomic E-state index is 0. The maximum atomic E-state index is 6.06. The molecule has 4 aromatic heterocycles. The minimum atomic E-state index is -1.39. The first-order valence-electron chi connectivity index (χ1n) is 16.5. The molecular formula is C41H47IrN3OSi-2. The van der Waals surface area contributed by atoms with Gasteiger partial charge in [-0.2, -0.15) is 0 Å². The van der Waals surface area contributed by atoms with E-state index in [9.17, 15) is 0 Å². The van der Waals surface area contributed by atoms with Gasteiger partial charge in [0.1, 0.15) is 0 Å². The molecule has 1 radical (unpaired) electrons.